The number of thiocarbonyl (C=S) groups is 1. The smallest absolute Gasteiger partial charge is 0.253 e. The SMILES string of the molecule is CN(C)C(=O)c1cccc(NC(=S)NC(=O)C2CCCCC2)c1. The first-order chi connectivity index (χ1) is 11.0. The van der Waals surface area contributed by atoms with Crippen LogP contribution in [0.3, 0.4) is 0 Å². The van der Waals surface area contributed by atoms with E-state index in [0.29, 0.717) is 11.3 Å². The molecule has 2 amide bonds. The summed E-state index contributed by atoms with van der Waals surface area (Å²) < 4.78 is 0. The number of anilines is 1. The van der Waals surface area contributed by atoms with Crippen molar-refractivity contribution >= 4 is 34.8 Å². The monoisotopic (exact) mass is 333 g/mol. The van der Waals surface area contributed by atoms with E-state index in [2.05, 4.69) is 10.6 Å². The predicted molar refractivity (Wildman–Crippen MR) is 95.4 cm³/mol. The van der Waals surface area contributed by atoms with Gasteiger partial charge in [0.15, 0.2) is 5.11 Å². The summed E-state index contributed by atoms with van der Waals surface area (Å²) in [5.74, 6) is -0.0290. The third-order valence-corrected chi connectivity index (χ3v) is 4.19. The Morgan fingerprint density at radius 3 is 2.52 bits per heavy atom. The molecule has 0 spiro atoms. The van der Waals surface area contributed by atoms with Crippen LogP contribution >= 0.6 is 12.2 Å². The first-order valence-electron chi connectivity index (χ1n) is 7.91. The van der Waals surface area contributed by atoms with Crippen molar-refractivity contribution in [1.82, 2.24) is 10.2 Å². The van der Waals surface area contributed by atoms with Crippen LogP contribution in [0.2, 0.25) is 0 Å². The normalized spacial score (nSPS) is 14.9. The summed E-state index contributed by atoms with van der Waals surface area (Å²) >= 11 is 5.20. The van der Waals surface area contributed by atoms with Gasteiger partial charge in [-0.05, 0) is 43.3 Å². The summed E-state index contributed by atoms with van der Waals surface area (Å²) in [4.78, 5) is 25.6. The molecule has 1 aliphatic rings. The lowest BCUT2D eigenvalue weighted by Crippen LogP contribution is -2.39. The maximum atomic E-state index is 12.2. The van der Waals surface area contributed by atoms with Crippen molar-refractivity contribution in [3.8, 4) is 0 Å². The quantitative estimate of drug-likeness (QED) is 0.835. The number of carbonyl (C=O) groups excluding carboxylic acids is 2. The standard InChI is InChI=1S/C17H23N3O2S/c1-20(2)16(22)13-9-6-10-14(11-13)18-17(23)19-15(21)12-7-4-3-5-8-12/h6,9-12H,3-5,7-8H2,1-2H3,(H2,18,19,21,23). The molecule has 124 valence electrons. The molecule has 0 atom stereocenters. The van der Waals surface area contributed by atoms with Gasteiger partial charge in [-0.15, -0.1) is 0 Å². The van der Waals surface area contributed by atoms with Gasteiger partial charge in [-0.25, -0.2) is 0 Å². The molecular formula is C17H23N3O2S. The molecule has 0 saturated heterocycles. The topological polar surface area (TPSA) is 61.4 Å². The zero-order chi connectivity index (χ0) is 16.8. The van der Waals surface area contributed by atoms with Crippen LogP contribution in [0.5, 0.6) is 0 Å². The van der Waals surface area contributed by atoms with Crippen molar-refractivity contribution in [2.75, 3.05) is 19.4 Å². The molecule has 5 nitrogen and oxygen atoms in total. The fourth-order valence-corrected chi connectivity index (χ4v) is 2.95. The molecule has 0 radical (unpaired) electrons. The van der Waals surface area contributed by atoms with E-state index in [-0.39, 0.29) is 22.8 Å². The summed E-state index contributed by atoms with van der Waals surface area (Å²) in [6.45, 7) is 0. The van der Waals surface area contributed by atoms with E-state index in [9.17, 15) is 9.59 Å². The van der Waals surface area contributed by atoms with Gasteiger partial charge in [-0.3, -0.25) is 9.59 Å². The van der Waals surface area contributed by atoms with Crippen molar-refractivity contribution in [1.29, 1.82) is 0 Å². The molecule has 0 aromatic heterocycles. The van der Waals surface area contributed by atoms with Crippen LogP contribution in [0.15, 0.2) is 24.3 Å². The highest BCUT2D eigenvalue weighted by Gasteiger charge is 2.21. The maximum absolute atomic E-state index is 12.2. The first-order valence-corrected chi connectivity index (χ1v) is 8.32. The Balaban J connectivity index is 1.93. The molecule has 0 heterocycles. The lowest BCUT2D eigenvalue weighted by atomic mass is 9.89. The molecule has 0 aliphatic heterocycles. The van der Waals surface area contributed by atoms with E-state index < -0.39 is 0 Å². The summed E-state index contributed by atoms with van der Waals surface area (Å²) in [5.41, 5.74) is 1.26. The Hall–Kier alpha value is -1.95. The van der Waals surface area contributed by atoms with E-state index in [1.54, 1.807) is 32.3 Å². The second kappa shape index (κ2) is 8.06. The number of nitrogens with zero attached hydrogens (tertiary/aromatic N) is 1. The van der Waals surface area contributed by atoms with Crippen molar-refractivity contribution in [2.24, 2.45) is 5.92 Å². The van der Waals surface area contributed by atoms with Gasteiger partial charge in [0.1, 0.15) is 0 Å². The highest BCUT2D eigenvalue weighted by Crippen LogP contribution is 2.23. The predicted octanol–water partition coefficient (Wildman–Crippen LogP) is 2.78. The van der Waals surface area contributed by atoms with Gasteiger partial charge in [-0.2, -0.15) is 0 Å². The summed E-state index contributed by atoms with van der Waals surface area (Å²) in [7, 11) is 3.41. The molecule has 1 aromatic carbocycles. The molecule has 1 fully saturated rings. The van der Waals surface area contributed by atoms with Crippen LogP contribution in [0, 0.1) is 5.92 Å². The molecular weight excluding hydrogens is 310 g/mol. The molecule has 0 bridgehead atoms. The minimum absolute atomic E-state index is 0.0114. The maximum Gasteiger partial charge on any atom is 0.253 e. The van der Waals surface area contributed by atoms with Gasteiger partial charge < -0.3 is 15.5 Å². The van der Waals surface area contributed by atoms with E-state index >= 15 is 0 Å². The molecule has 23 heavy (non-hydrogen) atoms. The zero-order valence-electron chi connectivity index (χ0n) is 13.6. The summed E-state index contributed by atoms with van der Waals surface area (Å²) in [6, 6.07) is 7.06. The van der Waals surface area contributed by atoms with Crippen molar-refractivity contribution in [2.45, 2.75) is 32.1 Å². The Bertz CT molecular complexity index is 595. The largest absolute Gasteiger partial charge is 0.345 e. The fourth-order valence-electron chi connectivity index (χ4n) is 2.73. The summed E-state index contributed by atoms with van der Waals surface area (Å²) in [6.07, 6.45) is 5.28. The van der Waals surface area contributed by atoms with Crippen LogP contribution in [0.25, 0.3) is 0 Å². The third kappa shape index (κ3) is 5.03. The van der Waals surface area contributed by atoms with Crippen LogP contribution in [0.4, 0.5) is 5.69 Å². The van der Waals surface area contributed by atoms with Crippen molar-refractivity contribution in [3.63, 3.8) is 0 Å². The lowest BCUT2D eigenvalue weighted by Gasteiger charge is -2.21. The Labute approximate surface area is 142 Å². The van der Waals surface area contributed by atoms with Crippen LogP contribution in [-0.2, 0) is 4.79 Å². The van der Waals surface area contributed by atoms with Gasteiger partial charge in [0.25, 0.3) is 5.91 Å². The molecule has 6 heteroatoms. The Morgan fingerprint density at radius 1 is 1.17 bits per heavy atom. The second-order valence-electron chi connectivity index (χ2n) is 6.06. The number of amides is 2. The van der Waals surface area contributed by atoms with Gasteiger partial charge in [0.2, 0.25) is 5.91 Å². The fraction of sp³-hybridized carbons (Fsp3) is 0.471. The van der Waals surface area contributed by atoms with Gasteiger partial charge >= 0.3 is 0 Å². The van der Waals surface area contributed by atoms with Gasteiger partial charge in [0, 0.05) is 31.3 Å². The molecule has 1 aromatic rings. The lowest BCUT2D eigenvalue weighted by molar-refractivity contribution is -0.124. The van der Waals surface area contributed by atoms with E-state index in [0.717, 1.165) is 25.7 Å². The number of hydrogen-bond donors (Lipinski definition) is 2. The molecule has 2 N–H and O–H groups in total. The highest BCUT2D eigenvalue weighted by molar-refractivity contribution is 7.80. The minimum Gasteiger partial charge on any atom is -0.345 e. The van der Waals surface area contributed by atoms with Crippen molar-refractivity contribution < 1.29 is 9.59 Å². The van der Waals surface area contributed by atoms with E-state index in [1.165, 1.54) is 11.3 Å². The molecule has 2 rings (SSSR count). The molecule has 1 saturated carbocycles. The molecule has 0 unspecified atom stereocenters. The number of rotatable bonds is 3. The van der Waals surface area contributed by atoms with Crippen LogP contribution in [-0.4, -0.2) is 35.9 Å². The Kier molecular flexibility index (Phi) is 6.10. The van der Waals surface area contributed by atoms with Gasteiger partial charge in [-0.1, -0.05) is 25.3 Å². The number of hydrogen-bond acceptors (Lipinski definition) is 3. The Morgan fingerprint density at radius 2 is 1.87 bits per heavy atom. The van der Waals surface area contributed by atoms with E-state index in [4.69, 9.17) is 12.2 Å². The van der Waals surface area contributed by atoms with Crippen molar-refractivity contribution in [3.05, 3.63) is 29.8 Å². The number of nitrogens with one attached hydrogen (secondary N) is 2. The zero-order valence-corrected chi connectivity index (χ0v) is 14.4. The number of benzene rings is 1. The first kappa shape index (κ1) is 17.4. The highest BCUT2D eigenvalue weighted by atomic mass is 32.1. The second-order valence-corrected chi connectivity index (χ2v) is 6.47. The van der Waals surface area contributed by atoms with Gasteiger partial charge in [0.05, 0.1) is 0 Å². The van der Waals surface area contributed by atoms with Crippen LogP contribution < -0.4 is 10.6 Å². The molecule has 1 aliphatic carbocycles. The average molecular weight is 333 g/mol. The number of carbonyl (C=O) groups is 2. The summed E-state index contributed by atoms with van der Waals surface area (Å²) in [5, 5.41) is 6.00. The minimum atomic E-state index is -0.0780. The van der Waals surface area contributed by atoms with Crippen LogP contribution in [0.1, 0.15) is 42.5 Å². The van der Waals surface area contributed by atoms with E-state index in [1.807, 2.05) is 6.07 Å². The third-order valence-electron chi connectivity index (χ3n) is 3.99. The average Bonchev–Trinajstić information content (AvgIpc) is 2.55.